The van der Waals surface area contributed by atoms with E-state index in [4.69, 9.17) is 4.74 Å². The minimum atomic E-state index is -0.247. The van der Waals surface area contributed by atoms with Crippen LogP contribution in [0.1, 0.15) is 17.9 Å². The number of rotatable bonds is 6. The van der Waals surface area contributed by atoms with E-state index in [1.807, 2.05) is 18.5 Å². The standard InChI is InChI=1S/C15H18FNOS/c1-11(10-17-2)15(14-4-3-9-19-14)18-13-7-5-12(16)6-8-13/h3-9,11,15,17H,10H2,1-2H3. The first-order valence-corrected chi connectivity index (χ1v) is 7.19. The number of halogens is 1. The van der Waals surface area contributed by atoms with E-state index in [1.54, 1.807) is 23.5 Å². The Morgan fingerprint density at radius 3 is 2.58 bits per heavy atom. The summed E-state index contributed by atoms with van der Waals surface area (Å²) in [6.07, 6.45) is -0.0158. The van der Waals surface area contributed by atoms with Gasteiger partial charge < -0.3 is 10.1 Å². The average Bonchev–Trinajstić information content (AvgIpc) is 2.92. The van der Waals surface area contributed by atoms with Crippen molar-refractivity contribution in [1.82, 2.24) is 5.32 Å². The fourth-order valence-corrected chi connectivity index (χ4v) is 2.88. The maximum atomic E-state index is 12.9. The molecule has 0 radical (unpaired) electrons. The van der Waals surface area contributed by atoms with Gasteiger partial charge in [0.25, 0.3) is 0 Å². The number of thiophene rings is 1. The van der Waals surface area contributed by atoms with E-state index >= 15 is 0 Å². The molecule has 2 rings (SSSR count). The molecule has 0 saturated carbocycles. The first kappa shape index (κ1) is 14.0. The van der Waals surface area contributed by atoms with E-state index < -0.39 is 0 Å². The van der Waals surface area contributed by atoms with Crippen LogP contribution in [0.4, 0.5) is 4.39 Å². The van der Waals surface area contributed by atoms with Crippen molar-refractivity contribution in [2.75, 3.05) is 13.6 Å². The molecule has 0 saturated heterocycles. The molecule has 0 amide bonds. The van der Waals surface area contributed by atoms with Crippen LogP contribution >= 0.6 is 11.3 Å². The molecule has 0 aliphatic heterocycles. The van der Waals surface area contributed by atoms with Crippen molar-refractivity contribution < 1.29 is 9.13 Å². The van der Waals surface area contributed by atoms with Gasteiger partial charge in [-0.15, -0.1) is 11.3 Å². The molecule has 0 aliphatic rings. The highest BCUT2D eigenvalue weighted by Gasteiger charge is 2.21. The largest absolute Gasteiger partial charge is 0.485 e. The lowest BCUT2D eigenvalue weighted by atomic mass is 10.0. The maximum Gasteiger partial charge on any atom is 0.137 e. The topological polar surface area (TPSA) is 21.3 Å². The predicted molar refractivity (Wildman–Crippen MR) is 77.2 cm³/mol. The SMILES string of the molecule is CNCC(C)C(Oc1ccc(F)cc1)c1cccs1. The second-order valence-corrected chi connectivity index (χ2v) is 5.52. The molecular weight excluding hydrogens is 261 g/mol. The normalized spacial score (nSPS) is 14.1. The lowest BCUT2D eigenvalue weighted by Gasteiger charge is -2.24. The van der Waals surface area contributed by atoms with Gasteiger partial charge in [0.05, 0.1) is 0 Å². The molecule has 1 aromatic heterocycles. The van der Waals surface area contributed by atoms with Crippen LogP contribution in [0.15, 0.2) is 41.8 Å². The Morgan fingerprint density at radius 1 is 1.26 bits per heavy atom. The summed E-state index contributed by atoms with van der Waals surface area (Å²) in [5.41, 5.74) is 0. The highest BCUT2D eigenvalue weighted by Crippen LogP contribution is 2.31. The Labute approximate surface area is 117 Å². The van der Waals surface area contributed by atoms with Crippen molar-refractivity contribution in [3.63, 3.8) is 0 Å². The van der Waals surface area contributed by atoms with Crippen LogP contribution in [0.25, 0.3) is 0 Å². The number of hydrogen-bond acceptors (Lipinski definition) is 3. The minimum Gasteiger partial charge on any atom is -0.485 e. The molecule has 4 heteroatoms. The molecule has 19 heavy (non-hydrogen) atoms. The Hall–Kier alpha value is -1.39. The van der Waals surface area contributed by atoms with Gasteiger partial charge in [0.15, 0.2) is 0 Å². The van der Waals surface area contributed by atoms with E-state index in [2.05, 4.69) is 18.3 Å². The summed E-state index contributed by atoms with van der Waals surface area (Å²) >= 11 is 1.68. The molecule has 102 valence electrons. The number of hydrogen-bond donors (Lipinski definition) is 1. The van der Waals surface area contributed by atoms with Crippen molar-refractivity contribution >= 4 is 11.3 Å². The summed E-state index contributed by atoms with van der Waals surface area (Å²) in [5.74, 6) is 0.778. The van der Waals surface area contributed by atoms with Crippen molar-refractivity contribution in [3.05, 3.63) is 52.5 Å². The third-order valence-electron chi connectivity index (χ3n) is 2.94. The van der Waals surface area contributed by atoms with E-state index in [0.29, 0.717) is 11.7 Å². The van der Waals surface area contributed by atoms with Gasteiger partial charge in [-0.3, -0.25) is 0 Å². The zero-order valence-electron chi connectivity index (χ0n) is 11.1. The molecule has 1 N–H and O–H groups in total. The predicted octanol–water partition coefficient (Wildman–Crippen LogP) is 3.86. The Balaban J connectivity index is 2.16. The molecule has 2 atom stereocenters. The fraction of sp³-hybridized carbons (Fsp3) is 0.333. The first-order valence-electron chi connectivity index (χ1n) is 6.31. The molecule has 0 spiro atoms. The second kappa shape index (κ2) is 6.68. The highest BCUT2D eigenvalue weighted by atomic mass is 32.1. The average molecular weight is 279 g/mol. The van der Waals surface area contributed by atoms with Gasteiger partial charge in [-0.25, -0.2) is 4.39 Å². The van der Waals surface area contributed by atoms with Crippen molar-refractivity contribution in [1.29, 1.82) is 0 Å². The van der Waals surface area contributed by atoms with Gasteiger partial charge in [0.1, 0.15) is 17.7 Å². The summed E-state index contributed by atoms with van der Waals surface area (Å²) < 4.78 is 18.9. The fourth-order valence-electron chi connectivity index (χ4n) is 2.00. The highest BCUT2D eigenvalue weighted by molar-refractivity contribution is 7.10. The van der Waals surface area contributed by atoms with Crippen LogP contribution in [-0.4, -0.2) is 13.6 Å². The van der Waals surface area contributed by atoms with Gasteiger partial charge in [-0.05, 0) is 42.8 Å². The van der Waals surface area contributed by atoms with Gasteiger partial charge in [0, 0.05) is 17.3 Å². The second-order valence-electron chi connectivity index (χ2n) is 4.54. The van der Waals surface area contributed by atoms with Crippen LogP contribution in [0.3, 0.4) is 0 Å². The first-order chi connectivity index (χ1) is 9.20. The summed E-state index contributed by atoms with van der Waals surface area (Å²) in [6, 6.07) is 10.3. The van der Waals surface area contributed by atoms with Crippen molar-refractivity contribution in [2.24, 2.45) is 5.92 Å². The van der Waals surface area contributed by atoms with Crippen LogP contribution in [0.2, 0.25) is 0 Å². The molecule has 2 nitrogen and oxygen atoms in total. The Morgan fingerprint density at radius 2 is 2.00 bits per heavy atom. The quantitative estimate of drug-likeness (QED) is 0.867. The third-order valence-corrected chi connectivity index (χ3v) is 3.88. The van der Waals surface area contributed by atoms with Crippen LogP contribution in [0.5, 0.6) is 5.75 Å². The minimum absolute atomic E-state index is 0.0158. The summed E-state index contributed by atoms with van der Waals surface area (Å²) in [4.78, 5) is 1.19. The molecule has 2 aromatic rings. The zero-order valence-corrected chi connectivity index (χ0v) is 11.9. The summed E-state index contributed by atoms with van der Waals surface area (Å²) in [6.45, 7) is 3.01. The van der Waals surface area contributed by atoms with E-state index in [0.717, 1.165) is 6.54 Å². The van der Waals surface area contributed by atoms with Crippen LogP contribution in [-0.2, 0) is 0 Å². The lowest BCUT2D eigenvalue weighted by Crippen LogP contribution is -2.25. The number of benzene rings is 1. The molecule has 0 aliphatic carbocycles. The Kier molecular flexibility index (Phi) is 4.93. The number of ether oxygens (including phenoxy) is 1. The molecule has 1 heterocycles. The molecule has 2 unspecified atom stereocenters. The molecule has 0 bridgehead atoms. The van der Waals surface area contributed by atoms with E-state index in [1.165, 1.54) is 17.0 Å². The lowest BCUT2D eigenvalue weighted by molar-refractivity contribution is 0.147. The third kappa shape index (κ3) is 3.78. The van der Waals surface area contributed by atoms with Crippen LogP contribution < -0.4 is 10.1 Å². The van der Waals surface area contributed by atoms with Gasteiger partial charge in [-0.1, -0.05) is 13.0 Å². The van der Waals surface area contributed by atoms with Crippen LogP contribution in [0, 0.1) is 11.7 Å². The smallest absolute Gasteiger partial charge is 0.137 e. The Bertz CT molecular complexity index is 483. The maximum absolute atomic E-state index is 12.9. The van der Waals surface area contributed by atoms with E-state index in [-0.39, 0.29) is 11.9 Å². The zero-order chi connectivity index (χ0) is 13.7. The van der Waals surface area contributed by atoms with Gasteiger partial charge in [0.2, 0.25) is 0 Å². The van der Waals surface area contributed by atoms with Gasteiger partial charge >= 0.3 is 0 Å². The molecule has 1 aromatic carbocycles. The number of nitrogens with one attached hydrogen (secondary N) is 1. The summed E-state index contributed by atoms with van der Waals surface area (Å²) in [7, 11) is 1.93. The van der Waals surface area contributed by atoms with Gasteiger partial charge in [-0.2, -0.15) is 0 Å². The molecular formula is C15H18FNOS. The monoisotopic (exact) mass is 279 g/mol. The van der Waals surface area contributed by atoms with E-state index in [9.17, 15) is 4.39 Å². The summed E-state index contributed by atoms with van der Waals surface area (Å²) in [5, 5.41) is 5.21. The van der Waals surface area contributed by atoms with Crippen molar-refractivity contribution in [3.8, 4) is 5.75 Å². The van der Waals surface area contributed by atoms with Crippen molar-refractivity contribution in [2.45, 2.75) is 13.0 Å². The molecule has 0 fully saturated rings.